The number of rotatable bonds is 10. The molecule has 0 spiro atoms. The van der Waals surface area contributed by atoms with Crippen molar-refractivity contribution in [2.45, 2.75) is 101 Å². The van der Waals surface area contributed by atoms with Crippen LogP contribution in [0.5, 0.6) is 5.75 Å². The number of aliphatic carboxylic acids is 1. The topological polar surface area (TPSA) is 106 Å². The molecule has 2 N–H and O–H groups in total. The number of aromatic nitrogens is 2. The number of hydrogen-bond donors (Lipinski definition) is 2. The molecule has 9 nitrogen and oxygen atoms in total. The van der Waals surface area contributed by atoms with Gasteiger partial charge in [0.2, 0.25) is 0 Å². The van der Waals surface area contributed by atoms with Gasteiger partial charge in [-0.15, -0.1) is 0 Å². The second-order valence-corrected chi connectivity index (χ2v) is 15.4. The van der Waals surface area contributed by atoms with Crippen molar-refractivity contribution in [2.24, 2.45) is 17.8 Å². The number of nitrogens with one attached hydrogen (secondary N) is 1. The molecule has 2 bridgehead atoms. The third-order valence-electron chi connectivity index (χ3n) is 11.5. The van der Waals surface area contributed by atoms with Crippen LogP contribution in [0.25, 0.3) is 22.2 Å². The Balaban J connectivity index is 1.11. The summed E-state index contributed by atoms with van der Waals surface area (Å²) in [5.74, 6) is -3.87. The Kier molecular flexibility index (Phi) is 10.0. The van der Waals surface area contributed by atoms with E-state index in [1.807, 2.05) is 22.5 Å². The van der Waals surface area contributed by atoms with E-state index in [0.29, 0.717) is 49.0 Å². The minimum Gasteiger partial charge on any atom is -0.490 e. The maximum absolute atomic E-state index is 14.6. The minimum absolute atomic E-state index is 0.0627. The second kappa shape index (κ2) is 14.2. The molecule has 3 aliphatic carbocycles. The highest BCUT2D eigenvalue weighted by Crippen LogP contribution is 2.43. The Morgan fingerprint density at radius 3 is 2.33 bits per heavy atom. The molecule has 1 aliphatic heterocycles. The predicted octanol–water partition coefficient (Wildman–Crippen LogP) is 7.58. The van der Waals surface area contributed by atoms with Crippen LogP contribution in [-0.4, -0.2) is 82.4 Å². The first-order valence-electron chi connectivity index (χ1n) is 18.2. The molecule has 3 atom stereocenters. The quantitative estimate of drug-likeness (QED) is 0.207. The number of ether oxygens (including phenoxy) is 2. The number of halogens is 5. The van der Waals surface area contributed by atoms with E-state index in [2.05, 4.69) is 10.3 Å². The van der Waals surface area contributed by atoms with Crippen molar-refractivity contribution < 1.29 is 46.1 Å². The van der Waals surface area contributed by atoms with Gasteiger partial charge in [-0.25, -0.2) is 13.8 Å². The van der Waals surface area contributed by atoms with Gasteiger partial charge in [-0.1, -0.05) is 0 Å². The van der Waals surface area contributed by atoms with Gasteiger partial charge in [-0.05, 0) is 101 Å². The number of methoxy groups -OCH3 is 1. The van der Waals surface area contributed by atoms with Gasteiger partial charge >= 0.3 is 12.1 Å². The highest BCUT2D eigenvalue weighted by atomic mass is 19.4. The van der Waals surface area contributed by atoms with Crippen LogP contribution >= 0.6 is 0 Å². The van der Waals surface area contributed by atoms with Crippen LogP contribution in [0, 0.1) is 17.8 Å². The lowest BCUT2D eigenvalue weighted by atomic mass is 9.66. The Labute approximate surface area is 298 Å². The van der Waals surface area contributed by atoms with E-state index in [1.54, 1.807) is 25.4 Å². The monoisotopic (exact) mass is 732 g/mol. The van der Waals surface area contributed by atoms with Crippen molar-refractivity contribution in [1.29, 1.82) is 0 Å². The summed E-state index contributed by atoms with van der Waals surface area (Å²) in [7, 11) is 1.57. The lowest BCUT2D eigenvalue weighted by Gasteiger charge is -2.46. The van der Waals surface area contributed by atoms with Crippen molar-refractivity contribution >= 4 is 22.8 Å². The number of amides is 1. The fraction of sp³-hybridized carbons (Fsp3) is 0.605. The first-order valence-corrected chi connectivity index (χ1v) is 18.2. The van der Waals surface area contributed by atoms with Gasteiger partial charge in [0, 0.05) is 42.4 Å². The maximum Gasteiger partial charge on any atom is 0.434 e. The number of nitrogens with zero attached hydrogens (tertiary/aromatic N) is 3. The first kappa shape index (κ1) is 36.6. The van der Waals surface area contributed by atoms with Crippen LogP contribution in [0.1, 0.15) is 86.8 Å². The molecule has 2 unspecified atom stereocenters. The SMILES string of the molecule is COC[C@H](C)n1cc(-c2ccc(C(=O)NC3CC4CC(C3)CC(C(=O)O)C4)c(C(F)(F)F)n2)c2ccc(O[C@H]3CC[C@H](N4CC(F)(F)C4)CC3)cc21. The summed E-state index contributed by atoms with van der Waals surface area (Å²) in [6.45, 7) is 1.90. The molecule has 3 heterocycles. The first-order chi connectivity index (χ1) is 24.7. The van der Waals surface area contributed by atoms with Crippen molar-refractivity contribution in [2.75, 3.05) is 26.8 Å². The third-order valence-corrected chi connectivity index (χ3v) is 11.5. The number of carboxylic acid groups (broad SMARTS) is 1. The predicted molar refractivity (Wildman–Crippen MR) is 182 cm³/mol. The Bertz CT molecular complexity index is 1780. The van der Waals surface area contributed by atoms with Crippen LogP contribution < -0.4 is 10.1 Å². The number of likely N-dealkylation sites (tertiary alicyclic amines) is 1. The minimum atomic E-state index is -4.90. The van der Waals surface area contributed by atoms with Gasteiger partial charge in [0.1, 0.15) is 5.75 Å². The van der Waals surface area contributed by atoms with E-state index >= 15 is 0 Å². The summed E-state index contributed by atoms with van der Waals surface area (Å²) in [4.78, 5) is 30.8. The van der Waals surface area contributed by atoms with Crippen molar-refractivity contribution in [1.82, 2.24) is 19.8 Å². The van der Waals surface area contributed by atoms with Crippen LogP contribution in [0.4, 0.5) is 22.0 Å². The summed E-state index contributed by atoms with van der Waals surface area (Å²) in [6.07, 6.45) is 2.72. The lowest BCUT2D eigenvalue weighted by Crippen LogP contribution is -2.60. The molecular formula is C38H45F5N4O5. The summed E-state index contributed by atoms with van der Waals surface area (Å²) in [5.41, 5.74) is -0.582. The molecule has 1 aromatic carbocycles. The van der Waals surface area contributed by atoms with Crippen LogP contribution in [0.15, 0.2) is 36.5 Å². The molecule has 1 amide bonds. The van der Waals surface area contributed by atoms with Gasteiger partial charge in [0.25, 0.3) is 11.8 Å². The molecule has 2 aromatic heterocycles. The molecule has 0 radical (unpaired) electrons. The van der Waals surface area contributed by atoms with E-state index in [1.165, 1.54) is 12.1 Å². The zero-order valence-corrected chi connectivity index (χ0v) is 29.3. The van der Waals surface area contributed by atoms with Gasteiger partial charge < -0.3 is 24.5 Å². The van der Waals surface area contributed by atoms with Gasteiger partial charge in [0.15, 0.2) is 5.69 Å². The fourth-order valence-corrected chi connectivity index (χ4v) is 9.16. The highest BCUT2D eigenvalue weighted by molar-refractivity contribution is 5.98. The number of benzene rings is 1. The number of alkyl halides is 5. The van der Waals surface area contributed by atoms with Crippen LogP contribution in [0.2, 0.25) is 0 Å². The van der Waals surface area contributed by atoms with Crippen LogP contribution in [0.3, 0.4) is 0 Å². The number of carbonyl (C=O) groups is 2. The molecule has 4 fully saturated rings. The Hall–Kier alpha value is -3.78. The van der Waals surface area contributed by atoms with E-state index in [0.717, 1.165) is 37.6 Å². The summed E-state index contributed by atoms with van der Waals surface area (Å²) in [6, 6.07) is 7.66. The molecule has 52 heavy (non-hydrogen) atoms. The van der Waals surface area contributed by atoms with Crippen LogP contribution in [-0.2, 0) is 15.7 Å². The van der Waals surface area contributed by atoms with E-state index < -0.39 is 41.2 Å². The molecule has 7 rings (SSSR count). The Morgan fingerprint density at radius 1 is 1.02 bits per heavy atom. The third kappa shape index (κ3) is 7.64. The van der Waals surface area contributed by atoms with Crippen molar-refractivity contribution in [3.05, 3.63) is 47.8 Å². The normalized spacial score (nSPS) is 28.2. The average Bonchev–Trinajstić information content (AvgIpc) is 3.45. The summed E-state index contributed by atoms with van der Waals surface area (Å²) >= 11 is 0. The second-order valence-electron chi connectivity index (χ2n) is 15.4. The lowest BCUT2D eigenvalue weighted by molar-refractivity contribution is -0.151. The zero-order valence-electron chi connectivity index (χ0n) is 29.3. The molecule has 282 valence electrons. The standard InChI is InChI=1S/C38H45F5N4O5/c1-21(18-51-2)47-17-31(29-8-7-28(16-33(29)47)52-27-5-3-26(4-6-27)46-19-37(39,40)20-46)32-10-9-30(34(45-32)38(41,42)43)35(48)44-25-14-22-11-23(15-25)13-24(12-22)36(49)50/h7-10,16-17,21-27H,3-6,11-15,18-20H2,1-2H3,(H,44,48)(H,49,50)/t21-,22?,23?,24?,25?,26-,27-/m0/s1. The zero-order chi connectivity index (χ0) is 36.9. The number of carbonyl (C=O) groups excluding carboxylic acids is 1. The van der Waals surface area contributed by atoms with E-state index in [4.69, 9.17) is 9.47 Å². The maximum atomic E-state index is 14.6. The summed E-state index contributed by atoms with van der Waals surface area (Å²) < 4.78 is 84.1. The molecule has 1 saturated heterocycles. The van der Waals surface area contributed by atoms with Gasteiger partial charge in [-0.2, -0.15) is 13.2 Å². The molecule has 3 saturated carbocycles. The van der Waals surface area contributed by atoms with Crippen molar-refractivity contribution in [3.8, 4) is 17.0 Å². The Morgan fingerprint density at radius 2 is 1.71 bits per heavy atom. The smallest absolute Gasteiger partial charge is 0.434 e. The molecule has 14 heteroatoms. The number of fused-ring (bicyclic) bond motifs is 3. The molecule has 4 aliphatic rings. The van der Waals surface area contributed by atoms with E-state index in [-0.39, 0.29) is 54.8 Å². The van der Waals surface area contributed by atoms with Crippen molar-refractivity contribution in [3.63, 3.8) is 0 Å². The number of pyridine rings is 1. The molecular weight excluding hydrogens is 687 g/mol. The number of carboxylic acids is 1. The molecule has 3 aromatic rings. The highest BCUT2D eigenvalue weighted by Gasteiger charge is 2.47. The average molecular weight is 733 g/mol. The van der Waals surface area contributed by atoms with E-state index in [9.17, 15) is 36.6 Å². The summed E-state index contributed by atoms with van der Waals surface area (Å²) in [5, 5.41) is 12.9. The fourth-order valence-electron chi connectivity index (χ4n) is 9.16. The van der Waals surface area contributed by atoms with Gasteiger partial charge in [0.05, 0.1) is 54.5 Å². The van der Waals surface area contributed by atoms with Gasteiger partial charge in [-0.3, -0.25) is 14.5 Å². The largest absolute Gasteiger partial charge is 0.490 e. The number of hydrogen-bond acceptors (Lipinski definition) is 6.